The largest absolute Gasteiger partial charge is 0.508 e. The van der Waals surface area contributed by atoms with Gasteiger partial charge in [-0.25, -0.2) is 0 Å². The van der Waals surface area contributed by atoms with E-state index in [1.807, 2.05) is 0 Å². The van der Waals surface area contributed by atoms with Gasteiger partial charge in [0.25, 0.3) is 5.91 Å². The topological polar surface area (TPSA) is 69.6 Å². The van der Waals surface area contributed by atoms with Crippen molar-refractivity contribution in [2.24, 2.45) is 0 Å². The maximum Gasteiger partial charge on any atom is 0.251 e. The predicted octanol–water partition coefficient (Wildman–Crippen LogP) is 0.504. The van der Waals surface area contributed by atoms with Crippen LogP contribution in [-0.2, 0) is 0 Å². The lowest BCUT2D eigenvalue weighted by Crippen LogP contribution is -2.24. The monoisotopic (exact) mass is 195 g/mol. The van der Waals surface area contributed by atoms with Gasteiger partial charge in [-0.15, -0.1) is 0 Å². The Kier molecular flexibility index (Phi) is 3.94. The molecule has 1 aromatic carbocycles. The molecule has 0 spiro atoms. The van der Waals surface area contributed by atoms with Crippen LogP contribution >= 0.6 is 0 Å². The molecule has 14 heavy (non-hydrogen) atoms. The fraction of sp³-hybridized carbons (Fsp3) is 0.300. The smallest absolute Gasteiger partial charge is 0.251 e. The van der Waals surface area contributed by atoms with Crippen LogP contribution in [0.2, 0.25) is 0 Å². The van der Waals surface area contributed by atoms with Gasteiger partial charge in [0.2, 0.25) is 0 Å². The summed E-state index contributed by atoms with van der Waals surface area (Å²) < 4.78 is 0. The third-order valence-electron chi connectivity index (χ3n) is 1.73. The number of rotatable bonds is 4. The highest BCUT2D eigenvalue weighted by Gasteiger charge is 2.04. The maximum absolute atomic E-state index is 11.4. The second-order valence-electron chi connectivity index (χ2n) is 2.88. The zero-order valence-electron chi connectivity index (χ0n) is 7.73. The van der Waals surface area contributed by atoms with E-state index in [2.05, 4.69) is 5.32 Å². The first-order valence-corrected chi connectivity index (χ1v) is 4.42. The molecule has 0 aliphatic rings. The van der Waals surface area contributed by atoms with Crippen molar-refractivity contribution in [1.29, 1.82) is 0 Å². The molecular weight excluding hydrogens is 182 g/mol. The van der Waals surface area contributed by atoms with Gasteiger partial charge in [-0.05, 0) is 24.6 Å². The van der Waals surface area contributed by atoms with E-state index in [4.69, 9.17) is 10.2 Å². The Morgan fingerprint density at radius 2 is 2.21 bits per heavy atom. The molecule has 0 aliphatic carbocycles. The van der Waals surface area contributed by atoms with Crippen molar-refractivity contribution in [3.8, 4) is 5.75 Å². The minimum absolute atomic E-state index is 0.0559. The first-order valence-electron chi connectivity index (χ1n) is 4.42. The normalized spacial score (nSPS) is 9.79. The SMILES string of the molecule is O=C(NCCCO)c1cccc(O)c1. The highest BCUT2D eigenvalue weighted by molar-refractivity contribution is 5.94. The molecule has 0 saturated heterocycles. The first-order chi connectivity index (χ1) is 6.74. The average molecular weight is 195 g/mol. The molecule has 0 bridgehead atoms. The van der Waals surface area contributed by atoms with E-state index in [1.54, 1.807) is 12.1 Å². The van der Waals surface area contributed by atoms with Crippen molar-refractivity contribution in [1.82, 2.24) is 5.32 Å². The lowest BCUT2D eigenvalue weighted by atomic mass is 10.2. The average Bonchev–Trinajstić information content (AvgIpc) is 2.18. The number of benzene rings is 1. The second kappa shape index (κ2) is 5.24. The molecule has 0 aliphatic heterocycles. The van der Waals surface area contributed by atoms with Gasteiger partial charge in [-0.2, -0.15) is 0 Å². The van der Waals surface area contributed by atoms with Crippen molar-refractivity contribution < 1.29 is 15.0 Å². The molecule has 3 N–H and O–H groups in total. The highest BCUT2D eigenvalue weighted by atomic mass is 16.3. The van der Waals surface area contributed by atoms with Gasteiger partial charge in [0.15, 0.2) is 0 Å². The van der Waals surface area contributed by atoms with E-state index < -0.39 is 0 Å². The lowest BCUT2D eigenvalue weighted by molar-refractivity contribution is 0.0951. The first kappa shape index (κ1) is 10.5. The van der Waals surface area contributed by atoms with Crippen LogP contribution in [0.15, 0.2) is 24.3 Å². The van der Waals surface area contributed by atoms with Crippen LogP contribution in [0.4, 0.5) is 0 Å². The Hall–Kier alpha value is -1.55. The molecule has 1 aromatic rings. The molecule has 76 valence electrons. The van der Waals surface area contributed by atoms with Gasteiger partial charge < -0.3 is 15.5 Å². The summed E-state index contributed by atoms with van der Waals surface area (Å²) in [5.74, 6) is -0.172. The summed E-state index contributed by atoms with van der Waals surface area (Å²) in [5, 5.41) is 20.2. The van der Waals surface area contributed by atoms with Crippen LogP contribution < -0.4 is 5.32 Å². The summed E-state index contributed by atoms with van der Waals surface area (Å²) in [5.41, 5.74) is 0.419. The van der Waals surface area contributed by atoms with E-state index in [9.17, 15) is 4.79 Å². The Balaban J connectivity index is 2.52. The summed E-state index contributed by atoms with van der Waals surface area (Å²) in [6.45, 7) is 0.491. The van der Waals surface area contributed by atoms with Crippen LogP contribution in [0.3, 0.4) is 0 Å². The molecule has 4 heteroatoms. The Morgan fingerprint density at radius 1 is 1.43 bits per heavy atom. The number of nitrogens with one attached hydrogen (secondary N) is 1. The molecule has 0 aromatic heterocycles. The molecule has 0 radical (unpaired) electrons. The summed E-state index contributed by atoms with van der Waals surface area (Å²) in [6, 6.07) is 6.13. The highest BCUT2D eigenvalue weighted by Crippen LogP contribution is 2.10. The lowest BCUT2D eigenvalue weighted by Gasteiger charge is -2.03. The Morgan fingerprint density at radius 3 is 2.86 bits per heavy atom. The minimum Gasteiger partial charge on any atom is -0.508 e. The second-order valence-corrected chi connectivity index (χ2v) is 2.88. The summed E-state index contributed by atoms with van der Waals surface area (Å²) >= 11 is 0. The van der Waals surface area contributed by atoms with Gasteiger partial charge in [0, 0.05) is 18.7 Å². The fourth-order valence-electron chi connectivity index (χ4n) is 1.03. The Bertz CT molecular complexity index is 312. The number of hydrogen-bond acceptors (Lipinski definition) is 3. The summed E-state index contributed by atoms with van der Waals surface area (Å²) in [7, 11) is 0. The summed E-state index contributed by atoms with van der Waals surface area (Å²) in [4.78, 5) is 11.4. The minimum atomic E-state index is -0.241. The van der Waals surface area contributed by atoms with E-state index in [0.717, 1.165) is 0 Å². The van der Waals surface area contributed by atoms with Crippen LogP contribution in [0.1, 0.15) is 16.8 Å². The number of amides is 1. The number of aromatic hydroxyl groups is 1. The van der Waals surface area contributed by atoms with Gasteiger partial charge in [-0.3, -0.25) is 4.79 Å². The van der Waals surface area contributed by atoms with Gasteiger partial charge >= 0.3 is 0 Å². The van der Waals surface area contributed by atoms with Crippen molar-refractivity contribution in [2.45, 2.75) is 6.42 Å². The van der Waals surface area contributed by atoms with Crippen LogP contribution in [0.5, 0.6) is 5.75 Å². The molecule has 1 amide bonds. The van der Waals surface area contributed by atoms with Crippen molar-refractivity contribution >= 4 is 5.91 Å². The number of hydrogen-bond donors (Lipinski definition) is 3. The number of carbonyl (C=O) groups is 1. The third-order valence-corrected chi connectivity index (χ3v) is 1.73. The molecular formula is C10H13NO3. The number of aliphatic hydroxyl groups excluding tert-OH is 1. The maximum atomic E-state index is 11.4. The van der Waals surface area contributed by atoms with E-state index in [0.29, 0.717) is 18.5 Å². The quantitative estimate of drug-likeness (QED) is 0.613. The predicted molar refractivity (Wildman–Crippen MR) is 52.1 cm³/mol. The van der Waals surface area contributed by atoms with Crippen LogP contribution in [0, 0.1) is 0 Å². The number of carbonyl (C=O) groups excluding carboxylic acids is 1. The molecule has 4 nitrogen and oxygen atoms in total. The van der Waals surface area contributed by atoms with Crippen molar-refractivity contribution in [2.75, 3.05) is 13.2 Å². The molecule has 0 heterocycles. The van der Waals surface area contributed by atoms with Gasteiger partial charge in [-0.1, -0.05) is 6.07 Å². The fourth-order valence-corrected chi connectivity index (χ4v) is 1.03. The van der Waals surface area contributed by atoms with Gasteiger partial charge in [0.05, 0.1) is 0 Å². The van der Waals surface area contributed by atoms with Crippen LogP contribution in [0.25, 0.3) is 0 Å². The Labute approximate surface area is 82.2 Å². The number of phenolic OH excluding ortho intramolecular Hbond substituents is 1. The van der Waals surface area contributed by atoms with Crippen molar-refractivity contribution in [3.63, 3.8) is 0 Å². The van der Waals surface area contributed by atoms with Crippen molar-refractivity contribution in [3.05, 3.63) is 29.8 Å². The molecule has 0 saturated carbocycles. The van der Waals surface area contributed by atoms with E-state index in [-0.39, 0.29) is 18.3 Å². The van der Waals surface area contributed by atoms with E-state index >= 15 is 0 Å². The zero-order valence-corrected chi connectivity index (χ0v) is 7.73. The van der Waals surface area contributed by atoms with Gasteiger partial charge in [0.1, 0.15) is 5.75 Å². The third kappa shape index (κ3) is 3.06. The zero-order chi connectivity index (χ0) is 10.4. The van der Waals surface area contributed by atoms with E-state index in [1.165, 1.54) is 12.1 Å². The standard InChI is InChI=1S/C10H13NO3/c12-6-2-5-11-10(14)8-3-1-4-9(13)7-8/h1,3-4,7,12-13H,2,5-6H2,(H,11,14). The number of aliphatic hydroxyl groups is 1. The summed E-state index contributed by atoms with van der Waals surface area (Å²) in [6.07, 6.45) is 0.532. The molecule has 1 rings (SSSR count). The van der Waals surface area contributed by atoms with Crippen LogP contribution in [-0.4, -0.2) is 29.3 Å². The number of phenols is 1. The molecule has 0 unspecified atom stereocenters. The molecule has 0 atom stereocenters. The molecule has 0 fully saturated rings.